The maximum atomic E-state index is 10.1. The Labute approximate surface area is 136 Å². The fraction of sp³-hybridized carbons (Fsp3) is 0.471. The van der Waals surface area contributed by atoms with Crippen molar-refractivity contribution >= 4 is 11.3 Å². The number of hydrogen-bond acceptors (Lipinski definition) is 5. The highest BCUT2D eigenvalue weighted by atomic mass is 32.1. The third kappa shape index (κ3) is 4.06. The summed E-state index contributed by atoms with van der Waals surface area (Å²) in [6, 6.07) is 5.67. The van der Waals surface area contributed by atoms with Gasteiger partial charge in [-0.15, -0.1) is 11.3 Å². The molecule has 0 aliphatic carbocycles. The van der Waals surface area contributed by atoms with Gasteiger partial charge in [0.15, 0.2) is 0 Å². The van der Waals surface area contributed by atoms with E-state index in [1.54, 1.807) is 17.4 Å². The number of nitrogens with zero attached hydrogens (tertiary/aromatic N) is 2. The summed E-state index contributed by atoms with van der Waals surface area (Å²) in [5.74, 6) is 0.328. The Hall–Kier alpha value is -1.43. The number of phenolic OH excluding ortho intramolecular Hbond substituents is 1. The van der Waals surface area contributed by atoms with Crippen LogP contribution in [0.1, 0.15) is 31.3 Å². The van der Waals surface area contributed by atoms with Crippen LogP contribution in [0.4, 0.5) is 0 Å². The van der Waals surface area contributed by atoms with Gasteiger partial charge < -0.3 is 10.2 Å². The van der Waals surface area contributed by atoms with Crippen LogP contribution < -0.4 is 0 Å². The topological polar surface area (TPSA) is 56.6 Å². The van der Waals surface area contributed by atoms with Gasteiger partial charge in [0, 0.05) is 17.5 Å². The van der Waals surface area contributed by atoms with Crippen LogP contribution in [0.2, 0.25) is 0 Å². The quantitative estimate of drug-likeness (QED) is 0.888. The Morgan fingerprint density at radius 3 is 2.64 bits per heavy atom. The number of thiazole rings is 1. The number of benzene rings is 1. The predicted octanol–water partition coefficient (Wildman–Crippen LogP) is 3.24. The molecule has 120 valence electrons. The smallest absolute Gasteiger partial charge is 0.119 e. The number of likely N-dealkylation sites (N-methyl/N-ethyl adjacent to an activating group) is 1. The molecule has 0 fully saturated rings. The van der Waals surface area contributed by atoms with Crippen LogP contribution in [0.3, 0.4) is 0 Å². The van der Waals surface area contributed by atoms with E-state index in [4.69, 9.17) is 5.11 Å². The molecule has 2 rings (SSSR count). The highest BCUT2D eigenvalue weighted by Gasteiger charge is 2.19. The molecule has 0 aliphatic rings. The van der Waals surface area contributed by atoms with E-state index in [1.165, 1.54) is 0 Å². The van der Waals surface area contributed by atoms with Crippen LogP contribution in [-0.2, 0) is 12.0 Å². The number of aromatic hydroxyl groups is 1. The lowest BCUT2D eigenvalue weighted by molar-refractivity contribution is 0.217. The summed E-state index contributed by atoms with van der Waals surface area (Å²) in [7, 11) is 1.97. The van der Waals surface area contributed by atoms with Crippen molar-refractivity contribution in [1.29, 1.82) is 0 Å². The first-order chi connectivity index (χ1) is 10.3. The summed E-state index contributed by atoms with van der Waals surface area (Å²) < 4.78 is 0. The summed E-state index contributed by atoms with van der Waals surface area (Å²) in [5.41, 5.74) is 2.77. The minimum Gasteiger partial charge on any atom is -0.508 e. The molecule has 4 nitrogen and oxygen atoms in total. The molecule has 2 N–H and O–H groups in total. The molecule has 1 aromatic heterocycles. The predicted molar refractivity (Wildman–Crippen MR) is 91.3 cm³/mol. The zero-order valence-corrected chi connectivity index (χ0v) is 14.4. The first-order valence-electron chi connectivity index (χ1n) is 7.39. The van der Waals surface area contributed by atoms with Gasteiger partial charge >= 0.3 is 0 Å². The molecule has 0 saturated heterocycles. The second-order valence-corrected chi connectivity index (χ2v) is 7.51. The normalized spacial score (nSPS) is 12.1. The Balaban J connectivity index is 2.24. The van der Waals surface area contributed by atoms with Crippen molar-refractivity contribution in [2.45, 2.75) is 32.7 Å². The van der Waals surface area contributed by atoms with Crippen LogP contribution in [0, 0.1) is 0 Å². The Morgan fingerprint density at radius 2 is 2.00 bits per heavy atom. The largest absolute Gasteiger partial charge is 0.508 e. The van der Waals surface area contributed by atoms with E-state index in [0.717, 1.165) is 28.4 Å². The lowest BCUT2D eigenvalue weighted by atomic mass is 9.85. The molecular formula is C17H24N2O2S. The van der Waals surface area contributed by atoms with Crippen molar-refractivity contribution in [3.63, 3.8) is 0 Å². The van der Waals surface area contributed by atoms with E-state index in [-0.39, 0.29) is 12.0 Å². The van der Waals surface area contributed by atoms with Crippen molar-refractivity contribution in [3.05, 3.63) is 34.2 Å². The molecule has 0 saturated carbocycles. The molecule has 0 aliphatic heterocycles. The molecule has 5 heteroatoms. The minimum absolute atomic E-state index is 0.111. The molecule has 0 atom stereocenters. The van der Waals surface area contributed by atoms with E-state index >= 15 is 0 Å². The van der Waals surface area contributed by atoms with Gasteiger partial charge in [-0.1, -0.05) is 20.8 Å². The van der Waals surface area contributed by atoms with Gasteiger partial charge in [-0.2, -0.15) is 0 Å². The fourth-order valence-corrected chi connectivity index (χ4v) is 3.18. The molecule has 0 unspecified atom stereocenters. The third-order valence-corrected chi connectivity index (χ3v) is 4.37. The van der Waals surface area contributed by atoms with Crippen LogP contribution in [0.15, 0.2) is 23.6 Å². The maximum Gasteiger partial charge on any atom is 0.119 e. The second-order valence-electron chi connectivity index (χ2n) is 6.57. The van der Waals surface area contributed by atoms with Crippen molar-refractivity contribution < 1.29 is 10.2 Å². The maximum absolute atomic E-state index is 10.1. The molecule has 0 spiro atoms. The zero-order chi connectivity index (χ0) is 16.3. The van der Waals surface area contributed by atoms with E-state index in [0.29, 0.717) is 12.3 Å². The Morgan fingerprint density at radius 1 is 1.27 bits per heavy atom. The van der Waals surface area contributed by atoms with E-state index in [9.17, 15) is 5.11 Å². The fourth-order valence-electron chi connectivity index (χ4n) is 2.29. The van der Waals surface area contributed by atoms with Crippen LogP contribution >= 0.6 is 11.3 Å². The first kappa shape index (κ1) is 16.9. The lowest BCUT2D eigenvalue weighted by Crippen LogP contribution is -2.21. The zero-order valence-electron chi connectivity index (χ0n) is 13.6. The number of rotatable bonds is 5. The number of aliphatic hydroxyl groups is 1. The Kier molecular flexibility index (Phi) is 5.21. The van der Waals surface area contributed by atoms with Crippen LogP contribution in [0.5, 0.6) is 5.75 Å². The van der Waals surface area contributed by atoms with Crippen molar-refractivity contribution in [3.8, 4) is 17.0 Å². The second kappa shape index (κ2) is 6.77. The van der Waals surface area contributed by atoms with Gasteiger partial charge in [0.05, 0.1) is 18.8 Å². The van der Waals surface area contributed by atoms with Gasteiger partial charge in [0.2, 0.25) is 0 Å². The number of phenols is 1. The number of aliphatic hydroxyl groups excluding tert-OH is 1. The van der Waals surface area contributed by atoms with Crippen molar-refractivity contribution in [1.82, 2.24) is 9.88 Å². The van der Waals surface area contributed by atoms with Gasteiger partial charge in [-0.25, -0.2) is 4.98 Å². The van der Waals surface area contributed by atoms with Crippen molar-refractivity contribution in [2.24, 2.45) is 0 Å². The summed E-state index contributed by atoms with van der Waals surface area (Å²) in [6.45, 7) is 7.78. The highest BCUT2D eigenvalue weighted by molar-refractivity contribution is 7.09. The van der Waals surface area contributed by atoms with E-state index < -0.39 is 0 Å². The SMILES string of the molecule is CN(CCO)Cc1nc(-c2ccc(O)c(C(C)(C)C)c2)cs1. The summed E-state index contributed by atoms with van der Waals surface area (Å²) >= 11 is 1.62. The van der Waals surface area contributed by atoms with E-state index in [1.807, 2.05) is 29.5 Å². The van der Waals surface area contributed by atoms with Gasteiger partial charge in [-0.3, -0.25) is 4.90 Å². The first-order valence-corrected chi connectivity index (χ1v) is 8.27. The number of hydrogen-bond donors (Lipinski definition) is 2. The van der Waals surface area contributed by atoms with Gasteiger partial charge in [0.1, 0.15) is 10.8 Å². The lowest BCUT2D eigenvalue weighted by Gasteiger charge is -2.21. The molecule has 1 heterocycles. The summed E-state index contributed by atoms with van der Waals surface area (Å²) in [6.07, 6.45) is 0. The molecule has 22 heavy (non-hydrogen) atoms. The monoisotopic (exact) mass is 320 g/mol. The summed E-state index contributed by atoms with van der Waals surface area (Å²) in [5, 5.41) is 22.1. The molecular weight excluding hydrogens is 296 g/mol. The molecule has 0 amide bonds. The average Bonchev–Trinajstić information content (AvgIpc) is 2.86. The van der Waals surface area contributed by atoms with Crippen LogP contribution in [0.25, 0.3) is 11.3 Å². The van der Waals surface area contributed by atoms with Gasteiger partial charge in [-0.05, 0) is 36.2 Å². The average molecular weight is 320 g/mol. The van der Waals surface area contributed by atoms with Crippen molar-refractivity contribution in [2.75, 3.05) is 20.2 Å². The minimum atomic E-state index is -0.111. The summed E-state index contributed by atoms with van der Waals surface area (Å²) in [4.78, 5) is 6.71. The molecule has 0 radical (unpaired) electrons. The Bertz CT molecular complexity index is 632. The molecule has 1 aromatic carbocycles. The van der Waals surface area contributed by atoms with Crippen LogP contribution in [-0.4, -0.2) is 40.3 Å². The number of aromatic nitrogens is 1. The highest BCUT2D eigenvalue weighted by Crippen LogP contribution is 2.34. The van der Waals surface area contributed by atoms with Gasteiger partial charge in [0.25, 0.3) is 0 Å². The van der Waals surface area contributed by atoms with E-state index in [2.05, 4.69) is 25.8 Å². The molecule has 2 aromatic rings. The standard InChI is InChI=1S/C17H24N2O2S/c1-17(2,3)13-9-12(5-6-15(13)21)14-11-22-16(18-14)10-19(4)7-8-20/h5-6,9,11,20-21H,7-8,10H2,1-4H3. The third-order valence-electron chi connectivity index (χ3n) is 3.54. The molecule has 0 bridgehead atoms.